The fourth-order valence-corrected chi connectivity index (χ4v) is 2.21. The lowest BCUT2D eigenvalue weighted by atomic mass is 10.2. The molecule has 3 aromatic rings. The van der Waals surface area contributed by atoms with Crippen molar-refractivity contribution in [1.82, 2.24) is 20.3 Å². The van der Waals surface area contributed by atoms with Gasteiger partial charge in [0.15, 0.2) is 5.82 Å². The molecule has 112 valence electrons. The normalized spacial score (nSPS) is 10.9. The van der Waals surface area contributed by atoms with Crippen molar-refractivity contribution < 1.29 is 13.6 Å². The molecule has 0 atom stereocenters. The molecule has 8 heteroatoms. The van der Waals surface area contributed by atoms with E-state index < -0.39 is 17.7 Å². The molecule has 3 rings (SSSR count). The monoisotopic (exact) mass is 322 g/mol. The van der Waals surface area contributed by atoms with E-state index in [0.29, 0.717) is 11.1 Å². The van der Waals surface area contributed by atoms with Crippen LogP contribution in [0.1, 0.15) is 5.56 Å². The fourth-order valence-electron chi connectivity index (χ4n) is 2.00. The fraction of sp³-hybridized carbons (Fsp3) is 0.0714. The number of fused-ring (bicyclic) bond motifs is 1. The molecular formula is C14H9ClF2N4O. The first-order valence-corrected chi connectivity index (χ1v) is 6.65. The summed E-state index contributed by atoms with van der Waals surface area (Å²) in [5, 5.41) is 10.2. The first-order valence-electron chi connectivity index (χ1n) is 6.28. The zero-order chi connectivity index (χ0) is 15.7. The Balaban J connectivity index is 1.83. The van der Waals surface area contributed by atoms with E-state index in [1.165, 1.54) is 0 Å². The highest BCUT2D eigenvalue weighted by molar-refractivity contribution is 6.30. The molecule has 1 N–H and O–H groups in total. The highest BCUT2D eigenvalue weighted by atomic mass is 35.5. The van der Waals surface area contributed by atoms with Gasteiger partial charge in [-0.1, -0.05) is 28.9 Å². The summed E-state index contributed by atoms with van der Waals surface area (Å²) in [5.74, 6) is -1.68. The number of benzene rings is 2. The Morgan fingerprint density at radius 2 is 2.09 bits per heavy atom. The van der Waals surface area contributed by atoms with Crippen LogP contribution in [-0.4, -0.2) is 21.0 Å². The van der Waals surface area contributed by atoms with Crippen LogP contribution in [0.3, 0.4) is 0 Å². The van der Waals surface area contributed by atoms with Gasteiger partial charge in [-0.25, -0.2) is 13.6 Å². The third-order valence-electron chi connectivity index (χ3n) is 3.00. The van der Waals surface area contributed by atoms with Crippen molar-refractivity contribution in [1.29, 1.82) is 0 Å². The van der Waals surface area contributed by atoms with Crippen molar-refractivity contribution in [3.05, 3.63) is 58.6 Å². The standard InChI is InChI=1S/C14H9ClF2N4O/c15-9-3-1-2-8(4-9)7-18-14(22)21-12-6-10(16)5-11(17)13(12)19-20-21/h1-6H,7H2,(H,18,22). The minimum Gasteiger partial charge on any atom is -0.332 e. The number of carbonyl (C=O) groups is 1. The van der Waals surface area contributed by atoms with Gasteiger partial charge in [0.1, 0.15) is 16.9 Å². The van der Waals surface area contributed by atoms with Crippen LogP contribution in [0, 0.1) is 11.6 Å². The van der Waals surface area contributed by atoms with E-state index in [0.717, 1.165) is 16.3 Å². The molecule has 5 nitrogen and oxygen atoms in total. The molecule has 22 heavy (non-hydrogen) atoms. The number of rotatable bonds is 2. The van der Waals surface area contributed by atoms with Crippen LogP contribution in [-0.2, 0) is 6.54 Å². The number of hydrogen-bond acceptors (Lipinski definition) is 3. The predicted octanol–water partition coefficient (Wildman–Crippen LogP) is 3.12. The summed E-state index contributed by atoms with van der Waals surface area (Å²) in [4.78, 5) is 12.1. The van der Waals surface area contributed by atoms with Gasteiger partial charge in [0, 0.05) is 23.7 Å². The maximum Gasteiger partial charge on any atom is 0.344 e. The van der Waals surface area contributed by atoms with Crippen LogP contribution in [0.5, 0.6) is 0 Å². The molecule has 0 aliphatic rings. The van der Waals surface area contributed by atoms with Gasteiger partial charge in [-0.2, -0.15) is 4.68 Å². The van der Waals surface area contributed by atoms with Gasteiger partial charge in [0.25, 0.3) is 0 Å². The molecule has 2 aromatic carbocycles. The Kier molecular flexibility index (Phi) is 3.72. The van der Waals surface area contributed by atoms with Gasteiger partial charge in [-0.3, -0.25) is 0 Å². The maximum atomic E-state index is 13.5. The van der Waals surface area contributed by atoms with E-state index in [1.54, 1.807) is 24.3 Å². The summed E-state index contributed by atoms with van der Waals surface area (Å²) in [6.45, 7) is 0.193. The quantitative estimate of drug-likeness (QED) is 0.788. The highest BCUT2D eigenvalue weighted by Gasteiger charge is 2.16. The smallest absolute Gasteiger partial charge is 0.332 e. The maximum absolute atomic E-state index is 13.5. The van der Waals surface area contributed by atoms with Gasteiger partial charge in [-0.15, -0.1) is 5.10 Å². The lowest BCUT2D eigenvalue weighted by Gasteiger charge is -2.05. The average molecular weight is 323 g/mol. The second-order valence-corrected chi connectivity index (χ2v) is 4.98. The Morgan fingerprint density at radius 1 is 1.27 bits per heavy atom. The van der Waals surface area contributed by atoms with Crippen molar-refractivity contribution in [2.24, 2.45) is 0 Å². The lowest BCUT2D eigenvalue weighted by Crippen LogP contribution is -2.28. The molecule has 0 aliphatic heterocycles. The number of nitrogens with zero attached hydrogens (tertiary/aromatic N) is 3. The number of halogens is 3. The summed E-state index contributed by atoms with van der Waals surface area (Å²) in [7, 11) is 0. The molecule has 0 saturated heterocycles. The second kappa shape index (κ2) is 5.69. The molecule has 1 heterocycles. The Labute approximate surface area is 128 Å². The van der Waals surface area contributed by atoms with Crippen LogP contribution in [0.25, 0.3) is 11.0 Å². The average Bonchev–Trinajstić information content (AvgIpc) is 2.89. The van der Waals surface area contributed by atoms with E-state index in [9.17, 15) is 13.6 Å². The van der Waals surface area contributed by atoms with Gasteiger partial charge >= 0.3 is 6.03 Å². The van der Waals surface area contributed by atoms with E-state index in [1.807, 2.05) is 0 Å². The molecule has 0 aliphatic carbocycles. The third kappa shape index (κ3) is 2.75. The predicted molar refractivity (Wildman–Crippen MR) is 76.5 cm³/mol. The third-order valence-corrected chi connectivity index (χ3v) is 3.23. The largest absolute Gasteiger partial charge is 0.344 e. The molecule has 1 aromatic heterocycles. The first-order chi connectivity index (χ1) is 10.5. The number of amides is 1. The summed E-state index contributed by atoms with van der Waals surface area (Å²) < 4.78 is 27.6. The van der Waals surface area contributed by atoms with E-state index in [2.05, 4.69) is 15.6 Å². The van der Waals surface area contributed by atoms with E-state index in [-0.39, 0.29) is 17.6 Å². The van der Waals surface area contributed by atoms with Crippen molar-refractivity contribution in [3.63, 3.8) is 0 Å². The number of carbonyl (C=O) groups excluding carboxylic acids is 1. The topological polar surface area (TPSA) is 59.8 Å². The lowest BCUT2D eigenvalue weighted by molar-refractivity contribution is 0.239. The minimum atomic E-state index is -0.871. The Hall–Kier alpha value is -2.54. The van der Waals surface area contributed by atoms with E-state index in [4.69, 9.17) is 11.6 Å². The van der Waals surface area contributed by atoms with Gasteiger partial charge in [0.05, 0.1) is 0 Å². The Morgan fingerprint density at radius 3 is 2.86 bits per heavy atom. The summed E-state index contributed by atoms with van der Waals surface area (Å²) in [6.07, 6.45) is 0. The number of hydrogen-bond donors (Lipinski definition) is 1. The molecule has 0 radical (unpaired) electrons. The molecule has 0 saturated carbocycles. The van der Waals surface area contributed by atoms with Crippen molar-refractivity contribution in [2.45, 2.75) is 6.54 Å². The molecule has 1 amide bonds. The molecule has 0 fully saturated rings. The van der Waals surface area contributed by atoms with Crippen molar-refractivity contribution >= 4 is 28.7 Å². The summed E-state index contributed by atoms with van der Waals surface area (Å²) >= 11 is 5.85. The van der Waals surface area contributed by atoms with Crippen LogP contribution >= 0.6 is 11.6 Å². The van der Waals surface area contributed by atoms with Crippen LogP contribution in [0.2, 0.25) is 5.02 Å². The van der Waals surface area contributed by atoms with Crippen molar-refractivity contribution in [2.75, 3.05) is 0 Å². The SMILES string of the molecule is O=C(NCc1cccc(Cl)c1)n1nnc2c(F)cc(F)cc21. The first kappa shape index (κ1) is 14.4. The zero-order valence-corrected chi connectivity index (χ0v) is 11.8. The van der Waals surface area contributed by atoms with Crippen molar-refractivity contribution in [3.8, 4) is 0 Å². The highest BCUT2D eigenvalue weighted by Crippen LogP contribution is 2.17. The Bertz CT molecular complexity index is 865. The van der Waals surface area contributed by atoms with Gasteiger partial charge < -0.3 is 5.32 Å². The molecule has 0 bridgehead atoms. The molecule has 0 unspecified atom stereocenters. The molecular weight excluding hydrogens is 314 g/mol. The minimum absolute atomic E-state index is 0.0407. The summed E-state index contributed by atoms with van der Waals surface area (Å²) in [6, 6.07) is 7.98. The number of nitrogens with one attached hydrogen (secondary N) is 1. The van der Waals surface area contributed by atoms with Crippen LogP contribution < -0.4 is 5.32 Å². The van der Waals surface area contributed by atoms with Crippen LogP contribution in [0.4, 0.5) is 13.6 Å². The van der Waals surface area contributed by atoms with Gasteiger partial charge in [0.2, 0.25) is 0 Å². The van der Waals surface area contributed by atoms with E-state index >= 15 is 0 Å². The van der Waals surface area contributed by atoms with Gasteiger partial charge in [-0.05, 0) is 17.7 Å². The summed E-state index contributed by atoms with van der Waals surface area (Å²) in [5.41, 5.74) is 0.572. The zero-order valence-electron chi connectivity index (χ0n) is 11.1. The second-order valence-electron chi connectivity index (χ2n) is 4.55. The number of aromatic nitrogens is 3. The van der Waals surface area contributed by atoms with Crippen LogP contribution in [0.15, 0.2) is 36.4 Å². The molecule has 0 spiro atoms.